The Morgan fingerprint density at radius 1 is 1.13 bits per heavy atom. The Labute approximate surface area is 99.1 Å². The van der Waals surface area contributed by atoms with Gasteiger partial charge in [-0.2, -0.15) is 0 Å². The topological polar surface area (TPSA) is 40.5 Å². The summed E-state index contributed by atoms with van der Waals surface area (Å²) in [5.41, 5.74) is 2.21. The molecule has 3 heteroatoms. The van der Waals surface area contributed by atoms with Gasteiger partial charge in [-0.25, -0.2) is 0 Å². The second kappa shape index (κ2) is 5.64. The molecule has 2 unspecified atom stereocenters. The highest BCUT2D eigenvalue weighted by Crippen LogP contribution is 2.28. The van der Waals surface area contributed by atoms with Crippen LogP contribution in [0.15, 0.2) is 22.7 Å². The van der Waals surface area contributed by atoms with Gasteiger partial charge in [0, 0.05) is 29.5 Å². The third-order valence-electron chi connectivity index (χ3n) is 2.67. The number of halogens is 1. The molecule has 0 aliphatic heterocycles. The average Bonchev–Trinajstić information content (AvgIpc) is 2.26. The summed E-state index contributed by atoms with van der Waals surface area (Å²) in [7, 11) is 0. The number of aliphatic hydroxyl groups is 2. The molecular weight excluding hydrogens is 256 g/mol. The maximum Gasteiger partial charge on any atom is 0.0497 e. The van der Waals surface area contributed by atoms with Gasteiger partial charge >= 0.3 is 0 Å². The van der Waals surface area contributed by atoms with E-state index < -0.39 is 0 Å². The van der Waals surface area contributed by atoms with E-state index in [-0.39, 0.29) is 25.0 Å². The van der Waals surface area contributed by atoms with Crippen molar-refractivity contribution in [3.8, 4) is 0 Å². The molecule has 1 aromatic rings. The largest absolute Gasteiger partial charge is 0.396 e. The highest BCUT2D eigenvalue weighted by atomic mass is 79.9. The molecule has 0 aromatic heterocycles. The summed E-state index contributed by atoms with van der Waals surface area (Å²) in [5, 5.41) is 18.1. The van der Waals surface area contributed by atoms with Crippen LogP contribution in [0.25, 0.3) is 0 Å². The molecule has 84 valence electrons. The van der Waals surface area contributed by atoms with Gasteiger partial charge < -0.3 is 10.2 Å². The van der Waals surface area contributed by atoms with Gasteiger partial charge in [0.1, 0.15) is 0 Å². The number of hydrogen-bond acceptors (Lipinski definition) is 2. The summed E-state index contributed by atoms with van der Waals surface area (Å²) in [6, 6.07) is 6.03. The molecule has 1 rings (SSSR count). The van der Waals surface area contributed by atoms with Crippen molar-refractivity contribution in [1.29, 1.82) is 0 Å². The molecule has 15 heavy (non-hydrogen) atoms. The number of rotatable bonds is 4. The Bertz CT molecular complexity index is 325. The van der Waals surface area contributed by atoms with Crippen LogP contribution in [-0.2, 0) is 0 Å². The second-order valence-electron chi connectivity index (χ2n) is 3.95. The fourth-order valence-corrected chi connectivity index (χ4v) is 2.24. The Hall–Kier alpha value is -0.380. The standard InChI is InChI=1S/C12H17BrO2/c1-8(6-14)10-3-4-11(9(2)7-15)12(13)5-10/h3-5,8-9,14-15H,6-7H2,1-2H3. The minimum Gasteiger partial charge on any atom is -0.396 e. The van der Waals surface area contributed by atoms with Crippen LogP contribution in [0.4, 0.5) is 0 Å². The normalized spacial score (nSPS) is 15.0. The quantitative estimate of drug-likeness (QED) is 0.885. The lowest BCUT2D eigenvalue weighted by Crippen LogP contribution is -2.03. The van der Waals surface area contributed by atoms with Crippen molar-refractivity contribution < 1.29 is 10.2 Å². The summed E-state index contributed by atoms with van der Waals surface area (Å²) in [4.78, 5) is 0. The lowest BCUT2D eigenvalue weighted by molar-refractivity contribution is 0.271. The molecule has 0 spiro atoms. The van der Waals surface area contributed by atoms with E-state index in [9.17, 15) is 0 Å². The zero-order valence-corrected chi connectivity index (χ0v) is 10.7. The molecule has 0 bridgehead atoms. The van der Waals surface area contributed by atoms with Crippen molar-refractivity contribution >= 4 is 15.9 Å². The number of benzene rings is 1. The Morgan fingerprint density at radius 2 is 1.73 bits per heavy atom. The zero-order chi connectivity index (χ0) is 11.4. The van der Waals surface area contributed by atoms with Crippen LogP contribution in [0.5, 0.6) is 0 Å². The van der Waals surface area contributed by atoms with Crippen LogP contribution in [0, 0.1) is 0 Å². The molecule has 2 atom stereocenters. The molecule has 0 heterocycles. The van der Waals surface area contributed by atoms with Gasteiger partial charge in [0.05, 0.1) is 0 Å². The first-order valence-corrected chi connectivity index (χ1v) is 5.90. The van der Waals surface area contributed by atoms with Crippen molar-refractivity contribution in [2.24, 2.45) is 0 Å². The van der Waals surface area contributed by atoms with Gasteiger partial charge in [-0.3, -0.25) is 0 Å². The van der Waals surface area contributed by atoms with Gasteiger partial charge in [0.2, 0.25) is 0 Å². The predicted octanol–water partition coefficient (Wildman–Crippen LogP) is 2.64. The average molecular weight is 273 g/mol. The maximum absolute atomic E-state index is 9.08. The van der Waals surface area contributed by atoms with E-state index >= 15 is 0 Å². The summed E-state index contributed by atoms with van der Waals surface area (Å²) in [6.07, 6.45) is 0. The van der Waals surface area contributed by atoms with Crippen LogP contribution in [0.3, 0.4) is 0 Å². The Kier molecular flexibility index (Phi) is 4.77. The second-order valence-corrected chi connectivity index (χ2v) is 4.80. The number of hydrogen-bond donors (Lipinski definition) is 2. The molecule has 2 N–H and O–H groups in total. The first-order chi connectivity index (χ1) is 7.10. The van der Waals surface area contributed by atoms with Gasteiger partial charge in [0.15, 0.2) is 0 Å². The molecule has 0 fully saturated rings. The summed E-state index contributed by atoms with van der Waals surface area (Å²) in [6.45, 7) is 4.26. The first kappa shape index (κ1) is 12.7. The van der Waals surface area contributed by atoms with Crippen LogP contribution >= 0.6 is 15.9 Å². The maximum atomic E-state index is 9.08. The van der Waals surface area contributed by atoms with Gasteiger partial charge in [-0.05, 0) is 17.2 Å². The van der Waals surface area contributed by atoms with Crippen molar-refractivity contribution in [1.82, 2.24) is 0 Å². The van der Waals surface area contributed by atoms with Crippen molar-refractivity contribution in [3.05, 3.63) is 33.8 Å². The van der Waals surface area contributed by atoms with E-state index in [2.05, 4.69) is 15.9 Å². The van der Waals surface area contributed by atoms with E-state index in [0.717, 1.165) is 15.6 Å². The van der Waals surface area contributed by atoms with E-state index in [1.807, 2.05) is 32.0 Å². The summed E-state index contributed by atoms with van der Waals surface area (Å²) >= 11 is 3.49. The predicted molar refractivity (Wildman–Crippen MR) is 65.1 cm³/mol. The van der Waals surface area contributed by atoms with Crippen LogP contribution in [-0.4, -0.2) is 23.4 Å². The van der Waals surface area contributed by atoms with Gasteiger partial charge in [-0.1, -0.05) is 41.9 Å². The van der Waals surface area contributed by atoms with Gasteiger partial charge in [0.25, 0.3) is 0 Å². The lowest BCUT2D eigenvalue weighted by Gasteiger charge is -2.14. The third kappa shape index (κ3) is 3.03. The van der Waals surface area contributed by atoms with Crippen molar-refractivity contribution in [2.75, 3.05) is 13.2 Å². The Balaban J connectivity index is 2.97. The summed E-state index contributed by atoms with van der Waals surface area (Å²) < 4.78 is 1.00. The molecule has 0 saturated carbocycles. The van der Waals surface area contributed by atoms with Crippen LogP contribution in [0.2, 0.25) is 0 Å². The van der Waals surface area contributed by atoms with E-state index in [4.69, 9.17) is 10.2 Å². The minimum atomic E-state index is 0.137. The van der Waals surface area contributed by atoms with Crippen molar-refractivity contribution in [2.45, 2.75) is 25.7 Å². The van der Waals surface area contributed by atoms with E-state index in [0.29, 0.717) is 0 Å². The van der Waals surface area contributed by atoms with Crippen LogP contribution in [0.1, 0.15) is 36.8 Å². The van der Waals surface area contributed by atoms with E-state index in [1.165, 1.54) is 0 Å². The lowest BCUT2D eigenvalue weighted by atomic mass is 9.96. The smallest absolute Gasteiger partial charge is 0.0497 e. The molecule has 0 amide bonds. The zero-order valence-electron chi connectivity index (χ0n) is 9.07. The Morgan fingerprint density at radius 3 is 2.20 bits per heavy atom. The molecular formula is C12H17BrO2. The van der Waals surface area contributed by atoms with Crippen molar-refractivity contribution in [3.63, 3.8) is 0 Å². The summed E-state index contributed by atoms with van der Waals surface area (Å²) in [5.74, 6) is 0.289. The monoisotopic (exact) mass is 272 g/mol. The SMILES string of the molecule is CC(CO)c1ccc(C(C)CO)c(Br)c1. The fraction of sp³-hybridized carbons (Fsp3) is 0.500. The van der Waals surface area contributed by atoms with Crippen LogP contribution < -0.4 is 0 Å². The van der Waals surface area contributed by atoms with E-state index in [1.54, 1.807) is 0 Å². The molecule has 0 saturated heterocycles. The molecule has 0 aliphatic carbocycles. The van der Waals surface area contributed by atoms with Gasteiger partial charge in [-0.15, -0.1) is 0 Å². The third-order valence-corrected chi connectivity index (χ3v) is 3.36. The molecule has 0 aliphatic rings. The highest BCUT2D eigenvalue weighted by molar-refractivity contribution is 9.10. The number of aliphatic hydroxyl groups excluding tert-OH is 2. The molecule has 2 nitrogen and oxygen atoms in total. The first-order valence-electron chi connectivity index (χ1n) is 5.11. The molecule has 1 aromatic carbocycles. The minimum absolute atomic E-state index is 0.137. The highest BCUT2D eigenvalue weighted by Gasteiger charge is 2.11. The molecule has 0 radical (unpaired) electrons. The fourth-order valence-electron chi connectivity index (χ4n) is 1.45.